The Balaban J connectivity index is 0.00000121. The first-order valence-electron chi connectivity index (χ1n) is 3.54. The van der Waals surface area contributed by atoms with Crippen LogP contribution in [0.2, 0.25) is 0 Å². The average molecular weight is 189 g/mol. The van der Waals surface area contributed by atoms with Crippen LogP contribution in [0.5, 0.6) is 0 Å². The van der Waals surface area contributed by atoms with Crippen LogP contribution in [0.15, 0.2) is 18.2 Å². The molecule has 0 bridgehead atoms. The molecule has 0 aliphatic heterocycles. The Morgan fingerprint density at radius 3 is 2.75 bits per heavy atom. The van der Waals surface area contributed by atoms with Crippen molar-refractivity contribution >= 4 is 12.4 Å². The number of hydrogen-bond donors (Lipinski definition) is 2. The largest absolute Gasteiger partial charge is 0.394 e. The third-order valence-corrected chi connectivity index (χ3v) is 1.49. The molecular weight excluding hydrogens is 176 g/mol. The topological polar surface area (TPSA) is 59.1 Å². The van der Waals surface area contributed by atoms with Crippen LogP contribution in [0.25, 0.3) is 0 Å². The molecule has 1 rings (SSSR count). The summed E-state index contributed by atoms with van der Waals surface area (Å²) in [6, 6.07) is 5.24. The monoisotopic (exact) mass is 188 g/mol. The van der Waals surface area contributed by atoms with Crippen molar-refractivity contribution in [2.24, 2.45) is 5.73 Å². The summed E-state index contributed by atoms with van der Waals surface area (Å²) in [5.41, 5.74) is 7.22. The van der Waals surface area contributed by atoms with Gasteiger partial charge in [-0.25, -0.2) is 0 Å². The maximum absolute atomic E-state index is 8.71. The van der Waals surface area contributed by atoms with E-state index in [1.807, 2.05) is 25.1 Å². The second kappa shape index (κ2) is 5.09. The molecule has 1 atom stereocenters. The van der Waals surface area contributed by atoms with Crippen LogP contribution in [0, 0.1) is 6.92 Å². The van der Waals surface area contributed by atoms with Gasteiger partial charge in [0, 0.05) is 5.69 Å². The third kappa shape index (κ3) is 2.77. The van der Waals surface area contributed by atoms with Gasteiger partial charge in [0.1, 0.15) is 0 Å². The van der Waals surface area contributed by atoms with Gasteiger partial charge in [-0.05, 0) is 19.1 Å². The molecule has 3 nitrogen and oxygen atoms in total. The Morgan fingerprint density at radius 1 is 1.58 bits per heavy atom. The number of aryl methyl sites for hydroxylation is 1. The Morgan fingerprint density at radius 2 is 2.25 bits per heavy atom. The second-order valence-corrected chi connectivity index (χ2v) is 2.49. The summed E-state index contributed by atoms with van der Waals surface area (Å²) in [6.07, 6.45) is 0. The molecule has 0 radical (unpaired) electrons. The summed E-state index contributed by atoms with van der Waals surface area (Å²) < 4.78 is 0. The number of nitrogens with zero attached hydrogens (tertiary/aromatic N) is 1. The molecule has 0 aliphatic carbocycles. The number of aromatic nitrogens is 1. The van der Waals surface area contributed by atoms with Crippen molar-refractivity contribution in [3.05, 3.63) is 29.6 Å². The molecule has 0 aromatic carbocycles. The lowest BCUT2D eigenvalue weighted by atomic mass is 10.2. The normalized spacial score (nSPS) is 11.9. The molecule has 0 aliphatic rings. The molecule has 0 fully saturated rings. The Labute approximate surface area is 78.0 Å². The van der Waals surface area contributed by atoms with Gasteiger partial charge in [0.05, 0.1) is 18.3 Å². The molecule has 4 heteroatoms. The fraction of sp³-hybridized carbons (Fsp3) is 0.375. The van der Waals surface area contributed by atoms with Gasteiger partial charge in [-0.3, -0.25) is 4.98 Å². The van der Waals surface area contributed by atoms with E-state index in [-0.39, 0.29) is 25.1 Å². The summed E-state index contributed by atoms with van der Waals surface area (Å²) in [6.45, 7) is 1.84. The quantitative estimate of drug-likeness (QED) is 0.722. The van der Waals surface area contributed by atoms with Gasteiger partial charge < -0.3 is 10.8 Å². The van der Waals surface area contributed by atoms with Gasteiger partial charge in [-0.1, -0.05) is 6.07 Å². The van der Waals surface area contributed by atoms with E-state index >= 15 is 0 Å². The van der Waals surface area contributed by atoms with E-state index in [1.165, 1.54) is 0 Å². The molecule has 1 aromatic rings. The summed E-state index contributed by atoms with van der Waals surface area (Å²) in [5.74, 6) is 0. The van der Waals surface area contributed by atoms with Gasteiger partial charge in [-0.2, -0.15) is 0 Å². The van der Waals surface area contributed by atoms with Crippen LogP contribution in [0.3, 0.4) is 0 Å². The van der Waals surface area contributed by atoms with Crippen molar-refractivity contribution in [3.8, 4) is 0 Å². The van der Waals surface area contributed by atoms with Crippen molar-refractivity contribution < 1.29 is 5.11 Å². The first-order chi connectivity index (χ1) is 5.24. The molecule has 1 unspecified atom stereocenters. The van der Waals surface area contributed by atoms with E-state index in [2.05, 4.69) is 4.98 Å². The van der Waals surface area contributed by atoms with Gasteiger partial charge in [0.2, 0.25) is 0 Å². The van der Waals surface area contributed by atoms with Crippen LogP contribution >= 0.6 is 12.4 Å². The fourth-order valence-electron chi connectivity index (χ4n) is 0.864. The minimum atomic E-state index is -0.352. The molecular formula is C8H13ClN2O. The minimum Gasteiger partial charge on any atom is -0.394 e. The molecule has 0 saturated carbocycles. The van der Waals surface area contributed by atoms with E-state index in [0.29, 0.717) is 0 Å². The maximum atomic E-state index is 8.71. The number of pyridine rings is 1. The predicted octanol–water partition coefficient (Wildman–Crippen LogP) is 0.804. The molecule has 0 spiro atoms. The number of aliphatic hydroxyl groups excluding tert-OH is 1. The van der Waals surface area contributed by atoms with Crippen molar-refractivity contribution in [2.45, 2.75) is 13.0 Å². The first kappa shape index (κ1) is 11.4. The van der Waals surface area contributed by atoms with E-state index in [9.17, 15) is 0 Å². The van der Waals surface area contributed by atoms with E-state index < -0.39 is 0 Å². The highest BCUT2D eigenvalue weighted by Crippen LogP contribution is 2.05. The Hall–Kier alpha value is -0.640. The number of aliphatic hydroxyl groups is 1. The molecule has 12 heavy (non-hydrogen) atoms. The van der Waals surface area contributed by atoms with Crippen LogP contribution in [0.1, 0.15) is 17.4 Å². The lowest BCUT2D eigenvalue weighted by molar-refractivity contribution is 0.266. The van der Waals surface area contributed by atoms with Crippen LogP contribution < -0.4 is 5.73 Å². The lowest BCUT2D eigenvalue weighted by Gasteiger charge is -2.06. The van der Waals surface area contributed by atoms with E-state index in [0.717, 1.165) is 11.4 Å². The van der Waals surface area contributed by atoms with Crippen molar-refractivity contribution in [1.29, 1.82) is 0 Å². The fourth-order valence-corrected chi connectivity index (χ4v) is 0.864. The van der Waals surface area contributed by atoms with Gasteiger partial charge >= 0.3 is 0 Å². The highest BCUT2D eigenvalue weighted by atomic mass is 35.5. The Bertz CT molecular complexity index is 242. The SMILES string of the molecule is Cc1cccc(C(N)CO)n1.Cl. The van der Waals surface area contributed by atoms with Gasteiger partial charge in [0.15, 0.2) is 0 Å². The van der Waals surface area contributed by atoms with Gasteiger partial charge in [-0.15, -0.1) is 12.4 Å². The molecule has 3 N–H and O–H groups in total. The highest BCUT2D eigenvalue weighted by molar-refractivity contribution is 5.85. The second-order valence-electron chi connectivity index (χ2n) is 2.49. The summed E-state index contributed by atoms with van der Waals surface area (Å²) in [5, 5.41) is 8.71. The highest BCUT2D eigenvalue weighted by Gasteiger charge is 2.04. The van der Waals surface area contributed by atoms with Gasteiger partial charge in [0.25, 0.3) is 0 Å². The molecule has 0 amide bonds. The molecule has 68 valence electrons. The maximum Gasteiger partial charge on any atom is 0.0705 e. The average Bonchev–Trinajstić information content (AvgIpc) is 2.03. The van der Waals surface area contributed by atoms with Crippen LogP contribution in [-0.2, 0) is 0 Å². The summed E-state index contributed by atoms with van der Waals surface area (Å²) in [7, 11) is 0. The van der Waals surface area contributed by atoms with Crippen LogP contribution in [0.4, 0.5) is 0 Å². The summed E-state index contributed by atoms with van der Waals surface area (Å²) in [4.78, 5) is 4.16. The summed E-state index contributed by atoms with van der Waals surface area (Å²) >= 11 is 0. The van der Waals surface area contributed by atoms with E-state index in [1.54, 1.807) is 0 Å². The minimum absolute atomic E-state index is 0. The number of hydrogen-bond acceptors (Lipinski definition) is 3. The van der Waals surface area contributed by atoms with E-state index in [4.69, 9.17) is 10.8 Å². The Kier molecular flexibility index (Phi) is 4.81. The smallest absolute Gasteiger partial charge is 0.0705 e. The molecule has 1 aromatic heterocycles. The zero-order valence-corrected chi connectivity index (χ0v) is 7.71. The standard InChI is InChI=1S/C8H12N2O.ClH/c1-6-3-2-4-8(10-6)7(9)5-11;/h2-4,7,11H,5,9H2,1H3;1H. The van der Waals surface area contributed by atoms with Crippen molar-refractivity contribution in [2.75, 3.05) is 6.61 Å². The first-order valence-corrected chi connectivity index (χ1v) is 3.54. The number of halogens is 1. The molecule has 1 heterocycles. The zero-order valence-electron chi connectivity index (χ0n) is 6.90. The number of rotatable bonds is 2. The van der Waals surface area contributed by atoms with Crippen molar-refractivity contribution in [3.63, 3.8) is 0 Å². The number of nitrogens with two attached hydrogens (primary N) is 1. The third-order valence-electron chi connectivity index (χ3n) is 1.49. The predicted molar refractivity (Wildman–Crippen MR) is 50.2 cm³/mol. The van der Waals surface area contributed by atoms with Crippen LogP contribution in [-0.4, -0.2) is 16.7 Å². The lowest BCUT2D eigenvalue weighted by Crippen LogP contribution is -2.16. The molecule has 0 saturated heterocycles. The van der Waals surface area contributed by atoms with Crippen molar-refractivity contribution in [1.82, 2.24) is 4.98 Å². The zero-order chi connectivity index (χ0) is 8.27.